The van der Waals surface area contributed by atoms with Gasteiger partial charge in [0.2, 0.25) is 0 Å². The molecule has 0 atom stereocenters. The molecule has 3 rings (SSSR count). The van der Waals surface area contributed by atoms with Crippen LogP contribution < -0.4 is 15.8 Å². The molecule has 0 spiro atoms. The Hall–Kier alpha value is -2.98. The van der Waals surface area contributed by atoms with Crippen molar-refractivity contribution >= 4 is 28.9 Å². The van der Waals surface area contributed by atoms with Crippen molar-refractivity contribution < 1.29 is 9.53 Å². The topological polar surface area (TPSA) is 64.4 Å². The van der Waals surface area contributed by atoms with Gasteiger partial charge in [-0.1, -0.05) is 17.7 Å². The van der Waals surface area contributed by atoms with Gasteiger partial charge >= 0.3 is 0 Å². The van der Waals surface area contributed by atoms with E-state index in [1.54, 1.807) is 72.8 Å². The minimum Gasteiger partial charge on any atom is -0.457 e. The van der Waals surface area contributed by atoms with Gasteiger partial charge in [0.1, 0.15) is 11.5 Å². The van der Waals surface area contributed by atoms with E-state index in [0.29, 0.717) is 33.5 Å². The molecule has 0 fully saturated rings. The summed E-state index contributed by atoms with van der Waals surface area (Å²) in [5, 5.41) is 3.47. The number of carbonyl (C=O) groups excluding carboxylic acids is 1. The van der Waals surface area contributed by atoms with E-state index in [0.717, 1.165) is 0 Å². The molecule has 3 aromatic rings. The maximum atomic E-state index is 12.2. The Morgan fingerprint density at radius 1 is 0.917 bits per heavy atom. The van der Waals surface area contributed by atoms with Crippen LogP contribution in [0.4, 0.5) is 11.4 Å². The first-order valence-electron chi connectivity index (χ1n) is 7.30. The number of anilines is 2. The molecule has 0 heterocycles. The van der Waals surface area contributed by atoms with Gasteiger partial charge in [0.15, 0.2) is 0 Å². The second kappa shape index (κ2) is 7.06. The Morgan fingerprint density at radius 2 is 1.54 bits per heavy atom. The van der Waals surface area contributed by atoms with Crippen LogP contribution in [0.1, 0.15) is 10.4 Å². The molecule has 24 heavy (non-hydrogen) atoms. The highest BCUT2D eigenvalue weighted by molar-refractivity contribution is 6.30. The molecule has 4 nitrogen and oxygen atoms in total. The van der Waals surface area contributed by atoms with Crippen LogP contribution >= 0.6 is 11.6 Å². The first-order valence-corrected chi connectivity index (χ1v) is 7.68. The molecule has 3 aromatic carbocycles. The van der Waals surface area contributed by atoms with Gasteiger partial charge in [-0.2, -0.15) is 0 Å². The number of halogens is 1. The molecule has 120 valence electrons. The highest BCUT2D eigenvalue weighted by Crippen LogP contribution is 2.24. The minimum atomic E-state index is -0.214. The summed E-state index contributed by atoms with van der Waals surface area (Å²) in [5.41, 5.74) is 7.42. The second-order valence-corrected chi connectivity index (χ2v) is 5.60. The van der Waals surface area contributed by atoms with Crippen LogP contribution in [0.15, 0.2) is 72.8 Å². The molecule has 0 aliphatic rings. The number of hydrogen-bond donors (Lipinski definition) is 2. The largest absolute Gasteiger partial charge is 0.457 e. The molecule has 1 amide bonds. The van der Waals surface area contributed by atoms with Crippen molar-refractivity contribution in [3.63, 3.8) is 0 Å². The van der Waals surface area contributed by atoms with Gasteiger partial charge in [-0.15, -0.1) is 0 Å². The van der Waals surface area contributed by atoms with E-state index in [9.17, 15) is 4.79 Å². The first-order chi connectivity index (χ1) is 11.6. The average Bonchev–Trinajstić information content (AvgIpc) is 2.59. The summed E-state index contributed by atoms with van der Waals surface area (Å²) in [6.45, 7) is 0. The van der Waals surface area contributed by atoms with E-state index in [1.165, 1.54) is 0 Å². The van der Waals surface area contributed by atoms with Crippen molar-refractivity contribution in [3.05, 3.63) is 83.4 Å². The van der Waals surface area contributed by atoms with Crippen LogP contribution in [0.3, 0.4) is 0 Å². The Labute approximate surface area is 144 Å². The monoisotopic (exact) mass is 338 g/mol. The zero-order chi connectivity index (χ0) is 16.9. The van der Waals surface area contributed by atoms with Crippen LogP contribution in [0, 0.1) is 0 Å². The third-order valence-electron chi connectivity index (χ3n) is 3.31. The lowest BCUT2D eigenvalue weighted by Crippen LogP contribution is -2.11. The number of nitrogen functional groups attached to an aromatic ring is 1. The second-order valence-electron chi connectivity index (χ2n) is 5.16. The van der Waals surface area contributed by atoms with E-state index < -0.39 is 0 Å². The summed E-state index contributed by atoms with van der Waals surface area (Å²) >= 11 is 5.84. The van der Waals surface area contributed by atoms with Crippen molar-refractivity contribution in [2.24, 2.45) is 0 Å². The smallest absolute Gasteiger partial charge is 0.255 e. The Bertz CT molecular complexity index is 846. The number of ether oxygens (including phenoxy) is 1. The predicted octanol–water partition coefficient (Wildman–Crippen LogP) is 4.97. The predicted molar refractivity (Wildman–Crippen MR) is 96.8 cm³/mol. The van der Waals surface area contributed by atoms with Crippen LogP contribution in [0.5, 0.6) is 11.5 Å². The zero-order valence-corrected chi connectivity index (χ0v) is 13.5. The fourth-order valence-corrected chi connectivity index (χ4v) is 2.25. The van der Waals surface area contributed by atoms with Crippen LogP contribution in [0.2, 0.25) is 5.02 Å². The molecule has 0 aliphatic carbocycles. The normalized spacial score (nSPS) is 10.2. The molecule has 0 aromatic heterocycles. The fourth-order valence-electron chi connectivity index (χ4n) is 2.13. The highest BCUT2D eigenvalue weighted by atomic mass is 35.5. The number of amides is 1. The van der Waals surface area contributed by atoms with Gasteiger partial charge in [0.25, 0.3) is 5.91 Å². The van der Waals surface area contributed by atoms with Crippen molar-refractivity contribution in [2.45, 2.75) is 0 Å². The van der Waals surface area contributed by atoms with Crippen molar-refractivity contribution in [1.29, 1.82) is 0 Å². The fraction of sp³-hybridized carbons (Fsp3) is 0. The molecule has 0 aliphatic heterocycles. The number of benzene rings is 3. The van der Waals surface area contributed by atoms with Gasteiger partial charge < -0.3 is 15.8 Å². The molecule has 0 saturated heterocycles. The van der Waals surface area contributed by atoms with Crippen molar-refractivity contribution in [3.8, 4) is 11.5 Å². The van der Waals surface area contributed by atoms with Crippen molar-refractivity contribution in [1.82, 2.24) is 0 Å². The lowest BCUT2D eigenvalue weighted by molar-refractivity contribution is 0.102. The third kappa shape index (κ3) is 4.06. The highest BCUT2D eigenvalue weighted by Gasteiger charge is 2.06. The molecule has 0 saturated carbocycles. The summed E-state index contributed by atoms with van der Waals surface area (Å²) in [5.74, 6) is 1.14. The van der Waals surface area contributed by atoms with E-state index in [1.807, 2.05) is 0 Å². The van der Waals surface area contributed by atoms with Gasteiger partial charge in [0.05, 0.1) is 0 Å². The molecule has 0 unspecified atom stereocenters. The van der Waals surface area contributed by atoms with Gasteiger partial charge in [0, 0.05) is 22.0 Å². The summed E-state index contributed by atoms with van der Waals surface area (Å²) < 4.78 is 5.71. The Morgan fingerprint density at radius 3 is 2.17 bits per heavy atom. The number of hydrogen-bond acceptors (Lipinski definition) is 3. The standard InChI is InChI=1S/C19H15ClN2O2/c20-14-4-8-17(9-5-14)24-18-10-6-16(7-11-18)22-19(23)13-2-1-3-15(21)12-13/h1-12H,21H2,(H,22,23). The lowest BCUT2D eigenvalue weighted by Gasteiger charge is -2.08. The average molecular weight is 339 g/mol. The van der Waals surface area contributed by atoms with Crippen LogP contribution in [-0.2, 0) is 0 Å². The Kier molecular flexibility index (Phi) is 4.68. The molecule has 0 bridgehead atoms. The molecule has 5 heteroatoms. The van der Waals surface area contributed by atoms with E-state index in [4.69, 9.17) is 22.1 Å². The van der Waals surface area contributed by atoms with E-state index in [2.05, 4.69) is 5.32 Å². The summed E-state index contributed by atoms with van der Waals surface area (Å²) in [6.07, 6.45) is 0. The quantitative estimate of drug-likeness (QED) is 0.660. The van der Waals surface area contributed by atoms with Crippen LogP contribution in [-0.4, -0.2) is 5.91 Å². The number of rotatable bonds is 4. The van der Waals surface area contributed by atoms with Gasteiger partial charge in [-0.3, -0.25) is 4.79 Å². The van der Waals surface area contributed by atoms with Gasteiger partial charge in [-0.25, -0.2) is 0 Å². The molecular formula is C19H15ClN2O2. The third-order valence-corrected chi connectivity index (χ3v) is 3.56. The molecule has 0 radical (unpaired) electrons. The first kappa shape index (κ1) is 15.9. The zero-order valence-electron chi connectivity index (χ0n) is 12.7. The summed E-state index contributed by atoms with van der Waals surface area (Å²) in [4.78, 5) is 12.2. The molecular weight excluding hydrogens is 324 g/mol. The summed E-state index contributed by atoms with van der Waals surface area (Å²) in [6, 6.07) is 21.0. The Balaban J connectivity index is 1.66. The number of nitrogens with one attached hydrogen (secondary N) is 1. The van der Waals surface area contributed by atoms with E-state index in [-0.39, 0.29) is 5.91 Å². The number of nitrogens with two attached hydrogens (primary N) is 1. The van der Waals surface area contributed by atoms with Gasteiger partial charge in [-0.05, 0) is 66.7 Å². The van der Waals surface area contributed by atoms with E-state index >= 15 is 0 Å². The van der Waals surface area contributed by atoms with Crippen molar-refractivity contribution in [2.75, 3.05) is 11.1 Å². The molecule has 3 N–H and O–H groups in total. The summed E-state index contributed by atoms with van der Waals surface area (Å²) in [7, 11) is 0. The van der Waals surface area contributed by atoms with Crippen LogP contribution in [0.25, 0.3) is 0 Å². The lowest BCUT2D eigenvalue weighted by atomic mass is 10.2. The maximum absolute atomic E-state index is 12.2. The minimum absolute atomic E-state index is 0.214. The number of carbonyl (C=O) groups is 1. The maximum Gasteiger partial charge on any atom is 0.255 e. The SMILES string of the molecule is Nc1cccc(C(=O)Nc2ccc(Oc3ccc(Cl)cc3)cc2)c1.